The fraction of sp³-hybridized carbons (Fsp3) is 0.182. The highest BCUT2D eigenvalue weighted by molar-refractivity contribution is 6.16. The number of carbonyl (C=O) groups excluding carboxylic acids is 1. The van der Waals surface area contributed by atoms with Gasteiger partial charge in [-0.05, 0) is 35.4 Å². The van der Waals surface area contributed by atoms with Crippen LogP contribution in [-0.2, 0) is 27.9 Å². The van der Waals surface area contributed by atoms with Gasteiger partial charge in [0.1, 0.15) is 18.0 Å². The summed E-state index contributed by atoms with van der Waals surface area (Å²) in [5.41, 5.74) is 3.19. The van der Waals surface area contributed by atoms with Gasteiger partial charge in [-0.3, -0.25) is 0 Å². The van der Waals surface area contributed by atoms with E-state index in [1.54, 1.807) is 36.0 Å². The molecule has 29 heavy (non-hydrogen) atoms. The third kappa shape index (κ3) is 4.63. The Hall–Kier alpha value is -3.61. The Balaban J connectivity index is 1.83. The minimum Gasteiger partial charge on any atom is -0.503 e. The van der Waals surface area contributed by atoms with Crippen molar-refractivity contribution in [1.82, 2.24) is 9.78 Å². The van der Waals surface area contributed by atoms with Crippen LogP contribution in [0, 0.1) is 5.82 Å². The summed E-state index contributed by atoms with van der Waals surface area (Å²) in [5, 5.41) is 4.42. The van der Waals surface area contributed by atoms with E-state index in [2.05, 4.69) is 5.10 Å². The molecule has 0 atom stereocenters. The van der Waals surface area contributed by atoms with Gasteiger partial charge in [-0.1, -0.05) is 24.3 Å². The predicted molar refractivity (Wildman–Crippen MR) is 106 cm³/mol. The molecule has 0 spiro atoms. The number of aromatic nitrogens is 2. The molecular weight excluding hydrogens is 375 g/mol. The first-order valence-electron chi connectivity index (χ1n) is 8.85. The fourth-order valence-electron chi connectivity index (χ4n) is 2.86. The van der Waals surface area contributed by atoms with E-state index in [9.17, 15) is 9.18 Å². The molecule has 0 aliphatic carbocycles. The van der Waals surface area contributed by atoms with E-state index in [-0.39, 0.29) is 12.4 Å². The van der Waals surface area contributed by atoms with Gasteiger partial charge in [0, 0.05) is 18.7 Å². The number of halogens is 1. The van der Waals surface area contributed by atoms with Crippen LogP contribution in [-0.4, -0.2) is 30.0 Å². The van der Waals surface area contributed by atoms with Crippen LogP contribution in [0.4, 0.5) is 4.39 Å². The Morgan fingerprint density at radius 1 is 1.14 bits per heavy atom. The van der Waals surface area contributed by atoms with Crippen LogP contribution in [0.1, 0.15) is 11.1 Å². The van der Waals surface area contributed by atoms with Crippen molar-refractivity contribution in [2.24, 2.45) is 7.05 Å². The molecule has 0 aliphatic rings. The molecule has 0 saturated heterocycles. The molecule has 0 amide bonds. The van der Waals surface area contributed by atoms with Gasteiger partial charge in [0.2, 0.25) is 5.88 Å². The number of ether oxygens (including phenoxy) is 3. The largest absolute Gasteiger partial charge is 0.503 e. The smallest absolute Gasteiger partial charge is 0.341 e. The number of esters is 1. The average Bonchev–Trinajstić information content (AvgIpc) is 3.11. The number of methoxy groups -OCH3 is 2. The number of aryl methyl sites for hydroxylation is 1. The van der Waals surface area contributed by atoms with E-state index >= 15 is 0 Å². The molecule has 3 aromatic rings. The monoisotopic (exact) mass is 396 g/mol. The average molecular weight is 396 g/mol. The highest BCUT2D eigenvalue weighted by Crippen LogP contribution is 2.26. The Morgan fingerprint density at radius 2 is 1.86 bits per heavy atom. The molecule has 6 nitrogen and oxygen atoms in total. The lowest BCUT2D eigenvalue weighted by molar-refractivity contribution is -0.133. The first-order chi connectivity index (χ1) is 14.0. The Morgan fingerprint density at radius 3 is 2.55 bits per heavy atom. The normalized spacial score (nSPS) is 11.2. The van der Waals surface area contributed by atoms with Crippen molar-refractivity contribution in [3.05, 3.63) is 77.8 Å². The third-order valence-corrected chi connectivity index (χ3v) is 4.30. The summed E-state index contributed by atoms with van der Waals surface area (Å²) in [6.45, 7) is 0.205. The van der Waals surface area contributed by atoms with Gasteiger partial charge in [-0.25, -0.2) is 13.9 Å². The molecular formula is C22H21FN2O4. The van der Waals surface area contributed by atoms with Crippen LogP contribution < -0.4 is 4.74 Å². The highest BCUT2D eigenvalue weighted by atomic mass is 19.1. The molecule has 0 N–H and O–H groups in total. The van der Waals surface area contributed by atoms with E-state index in [4.69, 9.17) is 14.2 Å². The first-order valence-corrected chi connectivity index (χ1v) is 8.85. The SMILES string of the molecule is CO/C=C(\C(=O)OC)c1ccccc1COc1cc(-c2ccc(F)cc2)nn1C. The minimum atomic E-state index is -0.501. The van der Waals surface area contributed by atoms with Crippen molar-refractivity contribution in [1.29, 1.82) is 0 Å². The standard InChI is InChI=1S/C22H21FN2O4/c1-25-21(12-20(24-25)15-8-10-17(23)11-9-15)29-13-16-6-4-5-7-18(16)19(14-27-2)22(26)28-3/h4-12,14H,13H2,1-3H3/b19-14-. The molecule has 3 rings (SSSR count). The fourth-order valence-corrected chi connectivity index (χ4v) is 2.86. The van der Waals surface area contributed by atoms with Crippen LogP contribution in [0.2, 0.25) is 0 Å². The number of benzene rings is 2. The number of hydrogen-bond acceptors (Lipinski definition) is 5. The van der Waals surface area contributed by atoms with Gasteiger partial charge >= 0.3 is 5.97 Å². The number of nitrogens with zero attached hydrogens (tertiary/aromatic N) is 2. The zero-order valence-electron chi connectivity index (χ0n) is 16.4. The molecule has 7 heteroatoms. The van der Waals surface area contributed by atoms with E-state index in [1.807, 2.05) is 18.2 Å². The van der Waals surface area contributed by atoms with Gasteiger partial charge in [-0.15, -0.1) is 0 Å². The summed E-state index contributed by atoms with van der Waals surface area (Å²) < 4.78 is 30.6. The van der Waals surface area contributed by atoms with Crippen LogP contribution in [0.5, 0.6) is 5.88 Å². The maximum Gasteiger partial charge on any atom is 0.341 e. The second-order valence-corrected chi connectivity index (χ2v) is 6.20. The van der Waals surface area contributed by atoms with Crippen LogP contribution in [0.25, 0.3) is 16.8 Å². The number of rotatable bonds is 7. The van der Waals surface area contributed by atoms with Crippen LogP contribution in [0.15, 0.2) is 60.9 Å². The van der Waals surface area contributed by atoms with E-state index in [0.717, 1.165) is 11.1 Å². The molecule has 0 aliphatic heterocycles. The second kappa shape index (κ2) is 9.05. The second-order valence-electron chi connectivity index (χ2n) is 6.20. The van der Waals surface area contributed by atoms with E-state index < -0.39 is 5.97 Å². The molecule has 2 aromatic carbocycles. The summed E-state index contributed by atoms with van der Waals surface area (Å²) in [6.07, 6.45) is 1.35. The third-order valence-electron chi connectivity index (χ3n) is 4.30. The summed E-state index contributed by atoms with van der Waals surface area (Å²) in [5.74, 6) is -0.267. The van der Waals surface area contributed by atoms with E-state index in [1.165, 1.54) is 32.6 Å². The van der Waals surface area contributed by atoms with Gasteiger partial charge in [-0.2, -0.15) is 5.10 Å². The van der Waals surface area contributed by atoms with Gasteiger partial charge in [0.15, 0.2) is 0 Å². The molecule has 1 heterocycles. The van der Waals surface area contributed by atoms with Crippen molar-refractivity contribution >= 4 is 11.5 Å². The summed E-state index contributed by atoms with van der Waals surface area (Å²) in [6, 6.07) is 15.2. The van der Waals surface area contributed by atoms with Crippen molar-refractivity contribution in [3.63, 3.8) is 0 Å². The van der Waals surface area contributed by atoms with E-state index in [0.29, 0.717) is 22.7 Å². The lowest BCUT2D eigenvalue weighted by atomic mass is 10.0. The van der Waals surface area contributed by atoms with Crippen molar-refractivity contribution in [2.75, 3.05) is 14.2 Å². The van der Waals surface area contributed by atoms with Gasteiger partial charge in [0.25, 0.3) is 0 Å². The highest BCUT2D eigenvalue weighted by Gasteiger charge is 2.17. The maximum absolute atomic E-state index is 13.1. The van der Waals surface area contributed by atoms with Crippen LogP contribution >= 0.6 is 0 Å². The Kier molecular flexibility index (Phi) is 6.29. The zero-order valence-corrected chi connectivity index (χ0v) is 16.4. The van der Waals surface area contributed by atoms with Crippen molar-refractivity contribution in [3.8, 4) is 17.1 Å². The van der Waals surface area contributed by atoms with Crippen LogP contribution in [0.3, 0.4) is 0 Å². The Bertz CT molecular complexity index is 1030. The molecule has 1 aromatic heterocycles. The molecule has 0 unspecified atom stereocenters. The van der Waals surface area contributed by atoms with Gasteiger partial charge < -0.3 is 14.2 Å². The molecule has 0 saturated carbocycles. The van der Waals surface area contributed by atoms with Gasteiger partial charge in [0.05, 0.1) is 26.2 Å². The topological polar surface area (TPSA) is 62.6 Å². The lowest BCUT2D eigenvalue weighted by Crippen LogP contribution is -2.09. The quantitative estimate of drug-likeness (QED) is 0.344. The number of hydrogen-bond donors (Lipinski definition) is 0. The van der Waals surface area contributed by atoms with Crippen molar-refractivity contribution < 1.29 is 23.4 Å². The summed E-state index contributed by atoms with van der Waals surface area (Å²) >= 11 is 0. The van der Waals surface area contributed by atoms with Crippen molar-refractivity contribution in [2.45, 2.75) is 6.61 Å². The molecule has 0 radical (unpaired) electrons. The summed E-state index contributed by atoms with van der Waals surface area (Å²) in [7, 11) is 4.55. The minimum absolute atomic E-state index is 0.205. The predicted octanol–water partition coefficient (Wildman–Crippen LogP) is 3.97. The molecule has 0 fully saturated rings. The zero-order chi connectivity index (χ0) is 20.8. The number of carbonyl (C=O) groups is 1. The molecule has 150 valence electrons. The Labute approximate surface area is 168 Å². The summed E-state index contributed by atoms with van der Waals surface area (Å²) in [4.78, 5) is 12.1. The lowest BCUT2D eigenvalue weighted by Gasteiger charge is -2.12. The first kappa shape index (κ1) is 20.1. The maximum atomic E-state index is 13.1. The molecule has 0 bridgehead atoms.